The van der Waals surface area contributed by atoms with Crippen LogP contribution in [-0.4, -0.2) is 12.1 Å². The molecule has 0 aliphatic carbocycles. The van der Waals surface area contributed by atoms with Crippen LogP contribution in [0.1, 0.15) is 11.3 Å². The molecule has 0 saturated heterocycles. The summed E-state index contributed by atoms with van der Waals surface area (Å²) < 4.78 is 7.14. The fraction of sp³-hybridized carbons (Fsp3) is 0.250. The Balaban J connectivity index is 3.05. The largest absolute Gasteiger partial charge is 0.495 e. The smallest absolute Gasteiger partial charge is 0.144 e. The summed E-state index contributed by atoms with van der Waals surface area (Å²) in [6, 6.07) is 1.92. The van der Waals surface area contributed by atoms with Crippen LogP contribution in [0.25, 0.3) is 10.9 Å². The fourth-order valence-electron chi connectivity index (χ4n) is 1.70. The van der Waals surface area contributed by atoms with Crippen LogP contribution in [0.2, 0.25) is 5.02 Å². The van der Waals surface area contributed by atoms with E-state index < -0.39 is 0 Å². The zero-order chi connectivity index (χ0) is 12.7. The molecule has 1 aromatic heterocycles. The first-order valence-electron chi connectivity index (χ1n) is 4.95. The van der Waals surface area contributed by atoms with Gasteiger partial charge in [0, 0.05) is 10.2 Å². The third kappa shape index (κ3) is 2.07. The highest BCUT2D eigenvalue weighted by Crippen LogP contribution is 2.42. The van der Waals surface area contributed by atoms with Crippen LogP contribution in [0.5, 0.6) is 5.75 Å². The Hall–Kier alpha value is -0.320. The van der Waals surface area contributed by atoms with Gasteiger partial charge in [0.1, 0.15) is 5.75 Å². The molecule has 0 aliphatic rings. The van der Waals surface area contributed by atoms with E-state index in [1.165, 1.54) is 0 Å². The number of fused-ring (bicyclic) bond motifs is 1. The molecule has 0 atom stereocenters. The summed E-state index contributed by atoms with van der Waals surface area (Å²) in [7, 11) is 1.62. The third-order valence-electron chi connectivity index (χ3n) is 2.74. The Morgan fingerprint density at radius 1 is 1.24 bits per heavy atom. The van der Waals surface area contributed by atoms with Crippen LogP contribution >= 0.6 is 43.5 Å². The maximum atomic E-state index is 6.40. The lowest BCUT2D eigenvalue weighted by molar-refractivity contribution is 0.417. The molecule has 2 rings (SSSR count). The molecular formula is C12H10Br2ClNO. The molecule has 2 aromatic rings. The molecule has 0 bridgehead atoms. The molecule has 5 heteroatoms. The third-order valence-corrected chi connectivity index (χ3v) is 4.40. The van der Waals surface area contributed by atoms with Crippen molar-refractivity contribution >= 4 is 54.4 Å². The molecule has 2 nitrogen and oxygen atoms in total. The lowest BCUT2D eigenvalue weighted by Gasteiger charge is -2.13. The highest BCUT2D eigenvalue weighted by Gasteiger charge is 2.17. The van der Waals surface area contributed by atoms with Crippen molar-refractivity contribution in [1.82, 2.24) is 4.98 Å². The van der Waals surface area contributed by atoms with Gasteiger partial charge in [-0.15, -0.1) is 0 Å². The molecule has 0 N–H and O–H groups in total. The second kappa shape index (κ2) is 4.75. The molecule has 0 unspecified atom stereocenters. The monoisotopic (exact) mass is 377 g/mol. The number of rotatable bonds is 1. The zero-order valence-corrected chi connectivity index (χ0v) is 13.5. The summed E-state index contributed by atoms with van der Waals surface area (Å²) in [5, 5.41) is 1.52. The predicted molar refractivity (Wildman–Crippen MR) is 78.2 cm³/mol. The lowest BCUT2D eigenvalue weighted by atomic mass is 10.1. The Morgan fingerprint density at radius 3 is 2.47 bits per heavy atom. The minimum atomic E-state index is 0.686. The van der Waals surface area contributed by atoms with E-state index in [1.807, 2.05) is 19.9 Å². The van der Waals surface area contributed by atoms with Gasteiger partial charge in [-0.25, -0.2) is 0 Å². The van der Waals surface area contributed by atoms with Crippen molar-refractivity contribution in [3.8, 4) is 5.75 Å². The van der Waals surface area contributed by atoms with Crippen molar-refractivity contribution in [1.29, 1.82) is 0 Å². The summed E-state index contributed by atoms with van der Waals surface area (Å²) in [6.45, 7) is 3.90. The summed E-state index contributed by atoms with van der Waals surface area (Å²) in [6.07, 6.45) is 0. The lowest BCUT2D eigenvalue weighted by Crippen LogP contribution is -1.95. The van der Waals surface area contributed by atoms with Crippen molar-refractivity contribution in [3.63, 3.8) is 0 Å². The van der Waals surface area contributed by atoms with E-state index in [4.69, 9.17) is 16.3 Å². The molecule has 0 fully saturated rings. The van der Waals surface area contributed by atoms with Crippen molar-refractivity contribution in [2.75, 3.05) is 7.11 Å². The van der Waals surface area contributed by atoms with Gasteiger partial charge in [-0.1, -0.05) is 11.6 Å². The number of hydrogen-bond donors (Lipinski definition) is 0. The van der Waals surface area contributed by atoms with Gasteiger partial charge >= 0.3 is 0 Å². The van der Waals surface area contributed by atoms with E-state index in [0.29, 0.717) is 10.8 Å². The van der Waals surface area contributed by atoms with E-state index in [2.05, 4.69) is 36.8 Å². The number of halogens is 3. The van der Waals surface area contributed by atoms with Crippen LogP contribution in [0, 0.1) is 13.8 Å². The van der Waals surface area contributed by atoms with E-state index in [0.717, 1.165) is 31.1 Å². The van der Waals surface area contributed by atoms with Gasteiger partial charge in [-0.05, 0) is 57.3 Å². The maximum absolute atomic E-state index is 6.40. The average molecular weight is 379 g/mol. The van der Waals surface area contributed by atoms with E-state index in [-0.39, 0.29) is 0 Å². The number of aryl methyl sites for hydroxylation is 1. The van der Waals surface area contributed by atoms with Crippen LogP contribution in [0.3, 0.4) is 0 Å². The van der Waals surface area contributed by atoms with Gasteiger partial charge in [0.15, 0.2) is 0 Å². The molecule has 0 radical (unpaired) electrons. The predicted octanol–water partition coefficient (Wildman–Crippen LogP) is 5.04. The standard InChI is InChI=1S/C12H10Br2ClNO/c1-5-6(2)16-11-7(13)4-8(14)12(17-3)9(11)10(5)15/h4H,1-3H3. The van der Waals surface area contributed by atoms with Crippen molar-refractivity contribution in [2.24, 2.45) is 0 Å². The quantitative estimate of drug-likeness (QED) is 0.693. The maximum Gasteiger partial charge on any atom is 0.144 e. The normalized spacial score (nSPS) is 10.9. The highest BCUT2D eigenvalue weighted by atomic mass is 79.9. The second-order valence-corrected chi connectivity index (χ2v) is 5.82. The topological polar surface area (TPSA) is 22.1 Å². The highest BCUT2D eigenvalue weighted by molar-refractivity contribution is 9.11. The summed E-state index contributed by atoms with van der Waals surface area (Å²) >= 11 is 13.4. The number of methoxy groups -OCH3 is 1. The van der Waals surface area contributed by atoms with Crippen LogP contribution in [0.4, 0.5) is 0 Å². The van der Waals surface area contributed by atoms with Crippen molar-refractivity contribution < 1.29 is 4.74 Å². The number of benzene rings is 1. The Morgan fingerprint density at radius 2 is 1.88 bits per heavy atom. The summed E-state index contributed by atoms with van der Waals surface area (Å²) in [5.74, 6) is 0.712. The molecule has 1 heterocycles. The zero-order valence-electron chi connectivity index (χ0n) is 9.57. The van der Waals surface area contributed by atoms with Crippen LogP contribution in [-0.2, 0) is 0 Å². The Labute approximate surface area is 122 Å². The van der Waals surface area contributed by atoms with E-state index >= 15 is 0 Å². The molecule has 0 amide bonds. The Bertz CT molecular complexity index is 613. The summed E-state index contributed by atoms with van der Waals surface area (Å²) in [4.78, 5) is 4.55. The first-order valence-corrected chi connectivity index (χ1v) is 6.92. The van der Waals surface area contributed by atoms with Gasteiger partial charge in [0.25, 0.3) is 0 Å². The number of hydrogen-bond acceptors (Lipinski definition) is 2. The number of nitrogens with zero attached hydrogens (tertiary/aromatic N) is 1. The number of aromatic nitrogens is 1. The van der Waals surface area contributed by atoms with Crippen LogP contribution < -0.4 is 4.74 Å². The SMILES string of the molecule is COc1c(Br)cc(Br)c2nc(C)c(C)c(Cl)c12. The molecular weight excluding hydrogens is 369 g/mol. The first-order chi connectivity index (χ1) is 7.97. The first kappa shape index (κ1) is 13.1. The molecule has 0 spiro atoms. The Kier molecular flexibility index (Phi) is 3.66. The minimum Gasteiger partial charge on any atom is -0.495 e. The van der Waals surface area contributed by atoms with Gasteiger partial charge in [0.05, 0.1) is 27.5 Å². The van der Waals surface area contributed by atoms with E-state index in [1.54, 1.807) is 7.11 Å². The molecule has 17 heavy (non-hydrogen) atoms. The van der Waals surface area contributed by atoms with Crippen LogP contribution in [0.15, 0.2) is 15.0 Å². The number of ether oxygens (including phenoxy) is 1. The molecule has 1 aromatic carbocycles. The molecule has 0 saturated carbocycles. The fourth-order valence-corrected chi connectivity index (χ4v) is 3.43. The van der Waals surface area contributed by atoms with Crippen molar-refractivity contribution in [2.45, 2.75) is 13.8 Å². The number of pyridine rings is 1. The van der Waals surface area contributed by atoms with E-state index in [9.17, 15) is 0 Å². The average Bonchev–Trinajstić information content (AvgIpc) is 2.28. The van der Waals surface area contributed by atoms with Gasteiger partial charge in [-0.2, -0.15) is 0 Å². The van der Waals surface area contributed by atoms with Gasteiger partial charge < -0.3 is 4.74 Å². The van der Waals surface area contributed by atoms with Crippen molar-refractivity contribution in [3.05, 3.63) is 31.3 Å². The molecule has 0 aliphatic heterocycles. The van der Waals surface area contributed by atoms with Gasteiger partial charge in [-0.3, -0.25) is 4.98 Å². The minimum absolute atomic E-state index is 0.686. The molecule has 90 valence electrons. The van der Waals surface area contributed by atoms with Gasteiger partial charge in [0.2, 0.25) is 0 Å². The second-order valence-electron chi connectivity index (χ2n) is 3.73. The summed E-state index contributed by atoms with van der Waals surface area (Å²) in [5.41, 5.74) is 2.72.